The molecule has 0 aliphatic heterocycles. The Balaban J connectivity index is 1.96. The van der Waals surface area contributed by atoms with Gasteiger partial charge in [-0.2, -0.15) is 0 Å². The number of benzene rings is 1. The summed E-state index contributed by atoms with van der Waals surface area (Å²) in [5.74, 6) is 0.295. The normalized spacial score (nSPS) is 16.1. The molecule has 116 valence electrons. The van der Waals surface area contributed by atoms with Gasteiger partial charge in [-0.1, -0.05) is 25.3 Å². The summed E-state index contributed by atoms with van der Waals surface area (Å²) in [5.41, 5.74) is 1.31. The second-order valence-electron chi connectivity index (χ2n) is 6.04. The van der Waals surface area contributed by atoms with Crippen molar-refractivity contribution in [2.24, 2.45) is 5.92 Å². The van der Waals surface area contributed by atoms with Gasteiger partial charge in [-0.15, -0.1) is 0 Å². The summed E-state index contributed by atoms with van der Waals surface area (Å²) >= 11 is 0. The van der Waals surface area contributed by atoms with Gasteiger partial charge in [0.25, 0.3) is 0 Å². The second-order valence-corrected chi connectivity index (χ2v) is 6.04. The van der Waals surface area contributed by atoms with Gasteiger partial charge in [0.2, 0.25) is 0 Å². The van der Waals surface area contributed by atoms with E-state index in [1.54, 1.807) is 6.07 Å². The van der Waals surface area contributed by atoms with Crippen molar-refractivity contribution in [1.29, 1.82) is 0 Å². The minimum atomic E-state index is -0.950. The smallest absolute Gasteiger partial charge is 0.339 e. The molecular weight excluding hydrogens is 266 g/mol. The molecule has 0 aromatic heterocycles. The van der Waals surface area contributed by atoms with E-state index in [4.69, 9.17) is 9.84 Å². The van der Waals surface area contributed by atoms with Crippen LogP contribution in [0.15, 0.2) is 18.2 Å². The van der Waals surface area contributed by atoms with Crippen LogP contribution in [0.3, 0.4) is 0 Å². The van der Waals surface area contributed by atoms with Crippen molar-refractivity contribution in [3.63, 3.8) is 0 Å². The molecule has 4 heteroatoms. The van der Waals surface area contributed by atoms with Crippen molar-refractivity contribution in [1.82, 2.24) is 4.90 Å². The summed E-state index contributed by atoms with van der Waals surface area (Å²) in [7, 11) is 3.64. The number of hydrogen-bond donors (Lipinski definition) is 1. The van der Waals surface area contributed by atoms with Crippen LogP contribution in [-0.4, -0.2) is 36.7 Å². The molecule has 1 aromatic carbocycles. The lowest BCUT2D eigenvalue weighted by Crippen LogP contribution is -2.26. The van der Waals surface area contributed by atoms with Gasteiger partial charge in [0.1, 0.15) is 11.3 Å². The van der Waals surface area contributed by atoms with E-state index >= 15 is 0 Å². The number of carboxylic acid groups (broad SMARTS) is 1. The summed E-state index contributed by atoms with van der Waals surface area (Å²) in [6, 6.07) is 5.34. The average Bonchev–Trinajstić information content (AvgIpc) is 2.47. The number of carboxylic acids is 1. The van der Waals surface area contributed by atoms with E-state index in [2.05, 4.69) is 11.9 Å². The molecule has 1 fully saturated rings. The molecule has 21 heavy (non-hydrogen) atoms. The Morgan fingerprint density at radius 2 is 2.05 bits per heavy atom. The highest BCUT2D eigenvalue weighted by Gasteiger charge is 2.16. The molecule has 0 saturated heterocycles. The molecule has 1 saturated carbocycles. The Labute approximate surface area is 126 Å². The topological polar surface area (TPSA) is 49.8 Å². The lowest BCUT2D eigenvalue weighted by molar-refractivity contribution is 0.0693. The molecule has 1 aromatic rings. The Morgan fingerprint density at radius 1 is 1.33 bits per heavy atom. The van der Waals surface area contributed by atoms with Gasteiger partial charge in [-0.05, 0) is 43.5 Å². The molecule has 0 spiro atoms. The number of aromatic carboxylic acids is 1. The number of methoxy groups -OCH3 is 1. The van der Waals surface area contributed by atoms with Crippen LogP contribution in [0.2, 0.25) is 0 Å². The van der Waals surface area contributed by atoms with Crippen LogP contribution < -0.4 is 4.74 Å². The highest BCUT2D eigenvalue weighted by atomic mass is 16.5. The van der Waals surface area contributed by atoms with Crippen LogP contribution in [0.25, 0.3) is 0 Å². The maximum absolute atomic E-state index is 11.1. The van der Waals surface area contributed by atoms with Crippen LogP contribution in [0.1, 0.15) is 48.0 Å². The van der Waals surface area contributed by atoms with Gasteiger partial charge >= 0.3 is 5.97 Å². The van der Waals surface area contributed by atoms with Gasteiger partial charge in [0.15, 0.2) is 0 Å². The highest BCUT2D eigenvalue weighted by Crippen LogP contribution is 2.25. The van der Waals surface area contributed by atoms with Gasteiger partial charge < -0.3 is 14.7 Å². The van der Waals surface area contributed by atoms with Crippen LogP contribution in [0.4, 0.5) is 0 Å². The van der Waals surface area contributed by atoms with Crippen molar-refractivity contribution in [2.75, 3.05) is 20.7 Å². The summed E-state index contributed by atoms with van der Waals surface area (Å²) in [6.07, 6.45) is 6.78. The Morgan fingerprint density at radius 3 is 2.67 bits per heavy atom. The van der Waals surface area contributed by atoms with Crippen molar-refractivity contribution < 1.29 is 14.6 Å². The molecule has 1 aliphatic rings. The molecule has 1 aliphatic carbocycles. The molecule has 1 N–H and O–H groups in total. The summed E-state index contributed by atoms with van der Waals surface area (Å²) in [6.45, 7) is 1.94. The Hall–Kier alpha value is -1.55. The van der Waals surface area contributed by atoms with Gasteiger partial charge in [-0.3, -0.25) is 0 Å². The lowest BCUT2D eigenvalue weighted by atomic mass is 9.89. The van der Waals surface area contributed by atoms with E-state index < -0.39 is 5.97 Å². The predicted octanol–water partition coefficient (Wildman–Crippen LogP) is 3.41. The molecular formula is C17H25NO3. The summed E-state index contributed by atoms with van der Waals surface area (Å²) in [5, 5.41) is 9.10. The quantitative estimate of drug-likeness (QED) is 0.872. The third kappa shape index (κ3) is 4.46. The molecule has 0 unspecified atom stereocenters. The van der Waals surface area contributed by atoms with E-state index in [1.165, 1.54) is 39.2 Å². The second kappa shape index (κ2) is 7.46. The number of carbonyl (C=O) groups is 1. The first kappa shape index (κ1) is 15.8. The first-order chi connectivity index (χ1) is 10.1. The number of rotatable bonds is 6. The fourth-order valence-corrected chi connectivity index (χ4v) is 3.20. The maximum atomic E-state index is 11.1. The molecule has 0 bridgehead atoms. The Bertz CT molecular complexity index is 481. The van der Waals surface area contributed by atoms with Crippen molar-refractivity contribution in [3.8, 4) is 5.75 Å². The Kier molecular flexibility index (Phi) is 5.62. The van der Waals surface area contributed by atoms with Crippen LogP contribution in [-0.2, 0) is 6.54 Å². The van der Waals surface area contributed by atoms with Crippen molar-refractivity contribution >= 4 is 5.97 Å². The van der Waals surface area contributed by atoms with Gasteiger partial charge in [-0.25, -0.2) is 4.79 Å². The minimum Gasteiger partial charge on any atom is -0.496 e. The molecule has 0 heterocycles. The minimum absolute atomic E-state index is 0.219. The van der Waals surface area contributed by atoms with E-state index in [0.29, 0.717) is 5.75 Å². The van der Waals surface area contributed by atoms with Crippen molar-refractivity contribution in [2.45, 2.75) is 38.6 Å². The van der Waals surface area contributed by atoms with E-state index in [-0.39, 0.29) is 5.56 Å². The fourth-order valence-electron chi connectivity index (χ4n) is 3.20. The maximum Gasteiger partial charge on any atom is 0.339 e. The first-order valence-electron chi connectivity index (χ1n) is 7.69. The molecule has 2 rings (SSSR count). The summed E-state index contributed by atoms with van der Waals surface area (Å²) in [4.78, 5) is 13.4. The zero-order valence-electron chi connectivity index (χ0n) is 13.0. The summed E-state index contributed by atoms with van der Waals surface area (Å²) < 4.78 is 5.18. The molecule has 0 atom stereocenters. The lowest BCUT2D eigenvalue weighted by Gasteiger charge is -2.27. The third-order valence-corrected chi connectivity index (χ3v) is 4.24. The number of nitrogens with zero attached hydrogens (tertiary/aromatic N) is 1. The third-order valence-electron chi connectivity index (χ3n) is 4.24. The fraction of sp³-hybridized carbons (Fsp3) is 0.588. The zero-order chi connectivity index (χ0) is 15.2. The van der Waals surface area contributed by atoms with Gasteiger partial charge in [0, 0.05) is 13.1 Å². The number of ether oxygens (including phenoxy) is 1. The SMILES string of the molecule is COc1cc(CN(C)CC2CCCCC2)ccc1C(=O)O. The van der Waals surface area contributed by atoms with Gasteiger partial charge in [0.05, 0.1) is 7.11 Å². The number of hydrogen-bond acceptors (Lipinski definition) is 3. The van der Waals surface area contributed by atoms with E-state index in [0.717, 1.165) is 24.6 Å². The highest BCUT2D eigenvalue weighted by molar-refractivity contribution is 5.90. The van der Waals surface area contributed by atoms with Crippen LogP contribution in [0.5, 0.6) is 5.75 Å². The van der Waals surface area contributed by atoms with Crippen LogP contribution in [0, 0.1) is 5.92 Å². The molecule has 4 nitrogen and oxygen atoms in total. The monoisotopic (exact) mass is 291 g/mol. The van der Waals surface area contributed by atoms with Crippen molar-refractivity contribution in [3.05, 3.63) is 29.3 Å². The molecule has 0 radical (unpaired) electrons. The molecule has 0 amide bonds. The van der Waals surface area contributed by atoms with E-state index in [1.807, 2.05) is 12.1 Å². The van der Waals surface area contributed by atoms with E-state index in [9.17, 15) is 4.79 Å². The average molecular weight is 291 g/mol. The zero-order valence-corrected chi connectivity index (χ0v) is 13.0. The van der Waals surface area contributed by atoms with Crippen LogP contribution >= 0.6 is 0 Å². The largest absolute Gasteiger partial charge is 0.496 e. The standard InChI is InChI=1S/C17H25NO3/c1-18(11-13-6-4-3-5-7-13)12-14-8-9-15(17(19)20)16(10-14)21-2/h8-10,13H,3-7,11-12H2,1-2H3,(H,19,20). The predicted molar refractivity (Wildman–Crippen MR) is 82.9 cm³/mol. The first-order valence-corrected chi connectivity index (χ1v) is 7.69.